The first kappa shape index (κ1) is 13.4. The van der Waals surface area contributed by atoms with Gasteiger partial charge in [-0.1, -0.05) is 30.4 Å². The molecule has 3 N–H and O–H groups in total. The van der Waals surface area contributed by atoms with E-state index in [-0.39, 0.29) is 17.5 Å². The molecule has 0 aromatic heterocycles. The third kappa shape index (κ3) is 4.40. The first-order valence-electron chi connectivity index (χ1n) is 5.20. The van der Waals surface area contributed by atoms with E-state index in [1.54, 1.807) is 26.0 Å². The molecule has 0 saturated carbocycles. The number of carbonyl (C=O) groups excluding carboxylic acids is 1. The van der Waals surface area contributed by atoms with E-state index in [1.165, 1.54) is 0 Å². The molecule has 17 heavy (non-hydrogen) atoms. The zero-order chi connectivity index (χ0) is 12.9. The van der Waals surface area contributed by atoms with Gasteiger partial charge in [0.1, 0.15) is 5.75 Å². The Morgan fingerprint density at radius 1 is 1.41 bits per heavy atom. The fourth-order valence-corrected chi connectivity index (χ4v) is 1.16. The van der Waals surface area contributed by atoms with Gasteiger partial charge < -0.3 is 15.8 Å². The van der Waals surface area contributed by atoms with Gasteiger partial charge in [0.25, 0.3) is 5.91 Å². The Kier molecular flexibility index (Phi) is 4.45. The van der Waals surface area contributed by atoms with Crippen LogP contribution < -0.4 is 15.8 Å². The van der Waals surface area contributed by atoms with Crippen molar-refractivity contribution in [3.05, 3.63) is 30.3 Å². The lowest BCUT2D eigenvalue weighted by molar-refractivity contribution is -0.124. The number of hydrogen-bond acceptors (Lipinski definition) is 3. The number of nitrogens with one attached hydrogen (secondary N) is 1. The summed E-state index contributed by atoms with van der Waals surface area (Å²) in [4.78, 5) is 11.8. The number of benzene rings is 1. The molecule has 0 aliphatic rings. The van der Waals surface area contributed by atoms with Crippen LogP contribution >= 0.6 is 12.2 Å². The molecule has 0 spiro atoms. The molecular formula is C12H16N2O2S. The predicted molar refractivity (Wildman–Crippen MR) is 70.9 cm³/mol. The molecule has 4 nitrogen and oxygen atoms in total. The van der Waals surface area contributed by atoms with Crippen molar-refractivity contribution in [2.75, 3.05) is 6.61 Å². The zero-order valence-electron chi connectivity index (χ0n) is 9.90. The van der Waals surface area contributed by atoms with Gasteiger partial charge in [0, 0.05) is 0 Å². The molecule has 0 aliphatic carbocycles. The van der Waals surface area contributed by atoms with Gasteiger partial charge in [-0.3, -0.25) is 4.79 Å². The van der Waals surface area contributed by atoms with E-state index in [4.69, 9.17) is 22.7 Å². The molecule has 1 aromatic rings. The highest BCUT2D eigenvalue weighted by atomic mass is 32.1. The van der Waals surface area contributed by atoms with Crippen LogP contribution in [-0.2, 0) is 4.79 Å². The minimum absolute atomic E-state index is 0.0595. The topological polar surface area (TPSA) is 64.3 Å². The van der Waals surface area contributed by atoms with Gasteiger partial charge in [-0.25, -0.2) is 0 Å². The number of rotatable bonds is 5. The number of carbonyl (C=O) groups is 1. The summed E-state index contributed by atoms with van der Waals surface area (Å²) in [5.41, 5.74) is 4.80. The third-order valence-corrected chi connectivity index (χ3v) is 2.69. The molecule has 0 unspecified atom stereocenters. The summed E-state index contributed by atoms with van der Waals surface area (Å²) >= 11 is 4.85. The van der Waals surface area contributed by atoms with E-state index in [2.05, 4.69) is 5.32 Å². The normalized spacial score (nSPS) is 10.7. The van der Waals surface area contributed by atoms with E-state index >= 15 is 0 Å². The third-order valence-electron chi connectivity index (χ3n) is 2.18. The number of para-hydroxylation sites is 1. The summed E-state index contributed by atoms with van der Waals surface area (Å²) in [5, 5.41) is 2.70. The second kappa shape index (κ2) is 5.63. The van der Waals surface area contributed by atoms with Crippen LogP contribution in [0, 0.1) is 0 Å². The van der Waals surface area contributed by atoms with Gasteiger partial charge >= 0.3 is 0 Å². The lowest BCUT2D eigenvalue weighted by Crippen LogP contribution is -2.53. The van der Waals surface area contributed by atoms with E-state index in [1.807, 2.05) is 18.2 Å². The highest BCUT2D eigenvalue weighted by Gasteiger charge is 2.23. The van der Waals surface area contributed by atoms with E-state index in [0.29, 0.717) is 5.75 Å². The largest absolute Gasteiger partial charge is 0.484 e. The molecule has 0 aliphatic heterocycles. The van der Waals surface area contributed by atoms with Crippen molar-refractivity contribution in [3.63, 3.8) is 0 Å². The maximum absolute atomic E-state index is 11.6. The minimum Gasteiger partial charge on any atom is -0.484 e. The van der Waals surface area contributed by atoms with Crippen molar-refractivity contribution in [2.24, 2.45) is 5.73 Å². The fourth-order valence-electron chi connectivity index (χ4n) is 1.11. The van der Waals surface area contributed by atoms with Crippen LogP contribution in [-0.4, -0.2) is 23.0 Å². The van der Waals surface area contributed by atoms with Crippen LogP contribution in [0.2, 0.25) is 0 Å². The highest BCUT2D eigenvalue weighted by Crippen LogP contribution is 2.08. The van der Waals surface area contributed by atoms with Crippen LogP contribution in [0.1, 0.15) is 13.8 Å². The van der Waals surface area contributed by atoms with Gasteiger partial charge in [0.15, 0.2) is 6.61 Å². The molecule has 0 atom stereocenters. The summed E-state index contributed by atoms with van der Waals surface area (Å²) in [5.74, 6) is 0.391. The van der Waals surface area contributed by atoms with Gasteiger partial charge in [-0.05, 0) is 26.0 Å². The van der Waals surface area contributed by atoms with Crippen LogP contribution in [0.15, 0.2) is 30.3 Å². The summed E-state index contributed by atoms with van der Waals surface area (Å²) in [6.45, 7) is 3.43. The van der Waals surface area contributed by atoms with Crippen molar-refractivity contribution >= 4 is 23.1 Å². The lowest BCUT2D eigenvalue weighted by Gasteiger charge is -2.24. The molecule has 0 bridgehead atoms. The quantitative estimate of drug-likeness (QED) is 0.774. The molecule has 5 heteroatoms. The second-order valence-corrected chi connectivity index (χ2v) is 4.58. The average Bonchev–Trinajstić information content (AvgIpc) is 2.27. The molecule has 0 radical (unpaired) electrons. The Bertz CT molecular complexity index is 404. The van der Waals surface area contributed by atoms with E-state index < -0.39 is 5.54 Å². The average molecular weight is 252 g/mol. The van der Waals surface area contributed by atoms with Crippen LogP contribution in [0.5, 0.6) is 5.75 Å². The molecule has 1 aromatic carbocycles. The SMILES string of the molecule is CC(C)(NC(=O)COc1ccccc1)C(N)=S. The van der Waals surface area contributed by atoms with E-state index in [9.17, 15) is 4.79 Å². The Morgan fingerprint density at radius 3 is 2.53 bits per heavy atom. The molecule has 0 heterocycles. The first-order valence-corrected chi connectivity index (χ1v) is 5.61. The fraction of sp³-hybridized carbons (Fsp3) is 0.333. The van der Waals surface area contributed by atoms with Crippen molar-refractivity contribution in [1.29, 1.82) is 0 Å². The number of nitrogens with two attached hydrogens (primary N) is 1. The van der Waals surface area contributed by atoms with Crippen molar-refractivity contribution in [3.8, 4) is 5.75 Å². The number of ether oxygens (including phenoxy) is 1. The van der Waals surface area contributed by atoms with Gasteiger partial charge in [0.05, 0.1) is 10.5 Å². The maximum Gasteiger partial charge on any atom is 0.258 e. The Balaban J connectivity index is 2.44. The molecule has 1 rings (SSSR count). The number of amides is 1. The van der Waals surface area contributed by atoms with Gasteiger partial charge in [-0.15, -0.1) is 0 Å². The van der Waals surface area contributed by atoms with E-state index in [0.717, 1.165) is 0 Å². The number of hydrogen-bond donors (Lipinski definition) is 2. The summed E-state index contributed by atoms with van der Waals surface area (Å²) in [6, 6.07) is 9.12. The van der Waals surface area contributed by atoms with Gasteiger partial charge in [0.2, 0.25) is 0 Å². The lowest BCUT2D eigenvalue weighted by atomic mass is 10.1. The molecule has 1 amide bonds. The molecule has 0 fully saturated rings. The monoisotopic (exact) mass is 252 g/mol. The van der Waals surface area contributed by atoms with Gasteiger partial charge in [-0.2, -0.15) is 0 Å². The first-order chi connectivity index (χ1) is 7.92. The Hall–Kier alpha value is -1.62. The Morgan fingerprint density at radius 2 is 2.00 bits per heavy atom. The zero-order valence-corrected chi connectivity index (χ0v) is 10.7. The van der Waals surface area contributed by atoms with Crippen molar-refractivity contribution < 1.29 is 9.53 Å². The number of thiocarbonyl (C=S) groups is 1. The summed E-state index contributed by atoms with van der Waals surface area (Å²) < 4.78 is 5.30. The maximum atomic E-state index is 11.6. The molecule has 0 saturated heterocycles. The summed E-state index contributed by atoms with van der Waals surface area (Å²) in [7, 11) is 0. The Labute approximate surface area is 106 Å². The summed E-state index contributed by atoms with van der Waals surface area (Å²) in [6.07, 6.45) is 0. The minimum atomic E-state index is -0.702. The molecular weight excluding hydrogens is 236 g/mol. The smallest absolute Gasteiger partial charge is 0.258 e. The standard InChI is InChI=1S/C12H16N2O2S/c1-12(2,11(13)17)14-10(15)8-16-9-6-4-3-5-7-9/h3-7H,8H2,1-2H3,(H2,13,17)(H,14,15). The predicted octanol–water partition coefficient (Wildman–Crippen LogP) is 1.25. The van der Waals surface area contributed by atoms with Crippen molar-refractivity contribution in [2.45, 2.75) is 19.4 Å². The van der Waals surface area contributed by atoms with Crippen LogP contribution in [0.4, 0.5) is 0 Å². The second-order valence-electron chi connectivity index (χ2n) is 4.14. The van der Waals surface area contributed by atoms with Crippen molar-refractivity contribution in [1.82, 2.24) is 5.32 Å². The highest BCUT2D eigenvalue weighted by molar-refractivity contribution is 7.80. The van der Waals surface area contributed by atoms with Crippen LogP contribution in [0.25, 0.3) is 0 Å². The van der Waals surface area contributed by atoms with Crippen LogP contribution in [0.3, 0.4) is 0 Å². The molecule has 92 valence electrons.